The number of aryl methyl sites for hydroxylation is 2. The van der Waals surface area contributed by atoms with E-state index in [0.717, 1.165) is 0 Å². The van der Waals surface area contributed by atoms with Crippen LogP contribution in [0.1, 0.15) is 31.9 Å². The Morgan fingerprint density at radius 2 is 1.15 bits per heavy atom. The largest absolute Gasteiger partial charge is 0.213 e. The van der Waals surface area contributed by atoms with Crippen LogP contribution >= 0.6 is 0 Å². The topological polar surface area (TPSA) is 3.88 Å². The molecule has 1 heterocycles. The van der Waals surface area contributed by atoms with Gasteiger partial charge in [0, 0.05) is 17.7 Å². The lowest BCUT2D eigenvalue weighted by molar-refractivity contribution is -0.660. The van der Waals surface area contributed by atoms with Crippen LogP contribution in [0, 0.1) is 6.92 Å². The minimum Gasteiger partial charge on any atom is -0.201 e. The van der Waals surface area contributed by atoms with E-state index in [2.05, 4.69) is 143 Å². The summed E-state index contributed by atoms with van der Waals surface area (Å²) >= 11 is 0. The summed E-state index contributed by atoms with van der Waals surface area (Å²) in [5, 5.41) is 2.69. The first-order chi connectivity index (χ1) is 16.3. The molecule has 0 atom stereocenters. The average molecular weight is 443 g/mol. The molecule has 4 aromatic carbocycles. The predicted molar refractivity (Wildman–Crippen MR) is 145 cm³/mol. The smallest absolute Gasteiger partial charge is 0.201 e. The van der Waals surface area contributed by atoms with Gasteiger partial charge >= 0.3 is 0 Å². The van der Waals surface area contributed by atoms with Gasteiger partial charge in [0.25, 0.3) is 0 Å². The van der Waals surface area contributed by atoms with Gasteiger partial charge in [-0.05, 0) is 62.6 Å². The number of aromatic nitrogens is 1. The van der Waals surface area contributed by atoms with Gasteiger partial charge in [0.05, 0.1) is 0 Å². The van der Waals surface area contributed by atoms with Crippen LogP contribution in [0.2, 0.25) is 0 Å². The van der Waals surface area contributed by atoms with E-state index in [0.29, 0.717) is 0 Å². The van der Waals surface area contributed by atoms with E-state index in [-0.39, 0.29) is 5.41 Å². The van der Waals surface area contributed by atoms with Gasteiger partial charge in [-0.2, -0.15) is 0 Å². The van der Waals surface area contributed by atoms with Crippen molar-refractivity contribution in [3.05, 3.63) is 114 Å². The fourth-order valence-corrected chi connectivity index (χ4v) is 4.91. The second-order valence-corrected chi connectivity index (χ2v) is 10.2. The molecule has 0 N–H and O–H groups in total. The van der Waals surface area contributed by atoms with Gasteiger partial charge in [0.2, 0.25) is 5.69 Å². The zero-order valence-electron chi connectivity index (χ0n) is 20.8. The van der Waals surface area contributed by atoms with Gasteiger partial charge in [0.1, 0.15) is 7.05 Å². The molecule has 0 aliphatic heterocycles. The number of fused-ring (bicyclic) bond motifs is 1. The Balaban J connectivity index is 1.64. The van der Waals surface area contributed by atoms with E-state index in [4.69, 9.17) is 0 Å². The minimum atomic E-state index is 0.0610. The molecule has 1 nitrogen and oxygen atoms in total. The van der Waals surface area contributed by atoms with Crippen LogP contribution in [-0.4, -0.2) is 0 Å². The molecule has 0 spiro atoms. The standard InChI is InChI=1S/C33H32N/c1-23-28-13-9-10-14-29(28)31(33(2,3)4)22-30(23)32-21-27(19-20-34(32)5)26-17-15-25(16-18-26)24-11-7-6-8-12-24/h6-22H,1-5H3/q+1. The molecule has 0 bridgehead atoms. The van der Waals surface area contributed by atoms with Crippen LogP contribution in [0.15, 0.2) is 103 Å². The number of rotatable bonds is 3. The first-order valence-electron chi connectivity index (χ1n) is 12.0. The van der Waals surface area contributed by atoms with Crippen LogP contribution in [0.5, 0.6) is 0 Å². The van der Waals surface area contributed by atoms with Crippen molar-refractivity contribution in [3.8, 4) is 33.5 Å². The number of hydrogen-bond donors (Lipinski definition) is 0. The second-order valence-electron chi connectivity index (χ2n) is 10.2. The molecule has 0 saturated carbocycles. The van der Waals surface area contributed by atoms with E-state index < -0.39 is 0 Å². The summed E-state index contributed by atoms with van der Waals surface area (Å²) in [7, 11) is 2.14. The molecule has 168 valence electrons. The minimum absolute atomic E-state index is 0.0610. The van der Waals surface area contributed by atoms with Crippen LogP contribution in [-0.2, 0) is 12.5 Å². The molecule has 0 saturated heterocycles. The molecular formula is C33H32N+. The Morgan fingerprint density at radius 3 is 1.79 bits per heavy atom. The highest BCUT2D eigenvalue weighted by molar-refractivity contribution is 5.94. The Hall–Kier alpha value is -3.71. The van der Waals surface area contributed by atoms with E-state index in [1.807, 2.05) is 0 Å². The zero-order valence-corrected chi connectivity index (χ0v) is 20.8. The van der Waals surface area contributed by atoms with Crippen molar-refractivity contribution in [2.45, 2.75) is 33.1 Å². The summed E-state index contributed by atoms with van der Waals surface area (Å²) in [4.78, 5) is 0. The van der Waals surface area contributed by atoms with Crippen molar-refractivity contribution >= 4 is 10.8 Å². The molecule has 5 rings (SSSR count). The first kappa shape index (κ1) is 22.1. The third-order valence-corrected chi connectivity index (χ3v) is 6.87. The van der Waals surface area contributed by atoms with Gasteiger partial charge in [-0.1, -0.05) is 99.6 Å². The summed E-state index contributed by atoms with van der Waals surface area (Å²) in [6.07, 6.45) is 2.18. The maximum absolute atomic E-state index is 2.41. The number of pyridine rings is 1. The summed E-state index contributed by atoms with van der Waals surface area (Å²) in [5.41, 5.74) is 10.3. The van der Waals surface area contributed by atoms with Crippen LogP contribution in [0.3, 0.4) is 0 Å². The van der Waals surface area contributed by atoms with Crippen molar-refractivity contribution in [1.29, 1.82) is 0 Å². The second kappa shape index (κ2) is 8.57. The van der Waals surface area contributed by atoms with E-state index >= 15 is 0 Å². The van der Waals surface area contributed by atoms with E-state index in [1.54, 1.807) is 0 Å². The molecule has 5 aromatic rings. The molecule has 0 unspecified atom stereocenters. The highest BCUT2D eigenvalue weighted by atomic mass is 14.9. The fraction of sp³-hybridized carbons (Fsp3) is 0.182. The number of hydrogen-bond acceptors (Lipinski definition) is 0. The summed E-state index contributed by atoms with van der Waals surface area (Å²) in [6, 6.07) is 35.2. The normalized spacial score (nSPS) is 11.7. The maximum atomic E-state index is 2.41. The van der Waals surface area contributed by atoms with Crippen LogP contribution in [0.25, 0.3) is 44.3 Å². The lowest BCUT2D eigenvalue weighted by Crippen LogP contribution is -2.30. The van der Waals surface area contributed by atoms with Crippen LogP contribution < -0.4 is 4.57 Å². The molecule has 1 aromatic heterocycles. The number of benzene rings is 4. The Morgan fingerprint density at radius 1 is 0.588 bits per heavy atom. The van der Waals surface area contributed by atoms with Gasteiger partial charge in [0.15, 0.2) is 6.20 Å². The SMILES string of the molecule is Cc1c(-c2cc(-c3ccc(-c4ccccc4)cc3)cc[n+]2C)cc(C(C)(C)C)c2ccccc12. The first-order valence-corrected chi connectivity index (χ1v) is 12.0. The van der Waals surface area contributed by atoms with E-state index in [9.17, 15) is 0 Å². The van der Waals surface area contributed by atoms with Crippen molar-refractivity contribution in [2.24, 2.45) is 7.05 Å². The Kier molecular flexibility index (Phi) is 5.57. The quantitative estimate of drug-likeness (QED) is 0.248. The molecule has 0 amide bonds. The highest BCUT2D eigenvalue weighted by Crippen LogP contribution is 2.37. The lowest BCUT2D eigenvalue weighted by atomic mass is 9.80. The highest BCUT2D eigenvalue weighted by Gasteiger charge is 2.23. The molecule has 1 heteroatoms. The van der Waals surface area contributed by atoms with Crippen molar-refractivity contribution < 1.29 is 4.57 Å². The number of nitrogens with zero attached hydrogens (tertiary/aromatic N) is 1. The summed E-state index contributed by atoms with van der Waals surface area (Å²) in [5.74, 6) is 0. The molecule has 34 heavy (non-hydrogen) atoms. The molecule has 0 aliphatic rings. The Labute approximate surface area is 203 Å². The van der Waals surface area contributed by atoms with Gasteiger partial charge in [-0.3, -0.25) is 0 Å². The predicted octanol–water partition coefficient (Wildman–Crippen LogP) is 8.27. The van der Waals surface area contributed by atoms with Gasteiger partial charge < -0.3 is 0 Å². The maximum Gasteiger partial charge on any atom is 0.213 e. The third kappa shape index (κ3) is 4.03. The summed E-state index contributed by atoms with van der Waals surface area (Å²) in [6.45, 7) is 9.17. The summed E-state index contributed by atoms with van der Waals surface area (Å²) < 4.78 is 2.24. The third-order valence-electron chi connectivity index (χ3n) is 6.87. The van der Waals surface area contributed by atoms with Crippen molar-refractivity contribution in [3.63, 3.8) is 0 Å². The van der Waals surface area contributed by atoms with Crippen LogP contribution in [0.4, 0.5) is 0 Å². The fourth-order valence-electron chi connectivity index (χ4n) is 4.91. The van der Waals surface area contributed by atoms with E-state index in [1.165, 1.54) is 55.4 Å². The monoisotopic (exact) mass is 442 g/mol. The molecule has 0 radical (unpaired) electrons. The molecule has 0 fully saturated rings. The van der Waals surface area contributed by atoms with Gasteiger partial charge in [-0.15, -0.1) is 0 Å². The Bertz CT molecular complexity index is 1470. The van der Waals surface area contributed by atoms with Crippen molar-refractivity contribution in [2.75, 3.05) is 0 Å². The zero-order chi connectivity index (χ0) is 23.9. The lowest BCUT2D eigenvalue weighted by Gasteiger charge is -2.24. The molecular weight excluding hydrogens is 410 g/mol. The van der Waals surface area contributed by atoms with Gasteiger partial charge in [-0.25, -0.2) is 4.57 Å². The van der Waals surface area contributed by atoms with Crippen molar-refractivity contribution in [1.82, 2.24) is 0 Å². The average Bonchev–Trinajstić information content (AvgIpc) is 2.85. The molecule has 0 aliphatic carbocycles.